The summed E-state index contributed by atoms with van der Waals surface area (Å²) in [5.41, 5.74) is 5.73. The van der Waals surface area contributed by atoms with Crippen molar-refractivity contribution in [1.29, 1.82) is 0 Å². The number of sulfone groups is 1. The van der Waals surface area contributed by atoms with Crippen LogP contribution in [-0.4, -0.2) is 31.2 Å². The number of carbonyl (C=O) groups is 1. The third-order valence-corrected chi connectivity index (χ3v) is 5.21. The molecule has 0 saturated heterocycles. The van der Waals surface area contributed by atoms with E-state index >= 15 is 0 Å². The summed E-state index contributed by atoms with van der Waals surface area (Å²) in [4.78, 5) is 11.7. The van der Waals surface area contributed by atoms with Gasteiger partial charge in [0.2, 0.25) is 0 Å². The lowest BCUT2D eigenvalue weighted by Crippen LogP contribution is -2.39. The monoisotopic (exact) mass is 261 g/mol. The molecular weight excluding hydrogens is 238 g/mol. The highest BCUT2D eigenvalue weighted by atomic mass is 32.2. The largest absolute Gasteiger partial charge is 0.325 e. The van der Waals surface area contributed by atoms with Crippen LogP contribution in [0.2, 0.25) is 0 Å². The van der Waals surface area contributed by atoms with Crippen molar-refractivity contribution in [2.24, 2.45) is 5.73 Å². The van der Waals surface area contributed by atoms with Gasteiger partial charge in [-0.25, -0.2) is 8.42 Å². The number of hydrogen-bond donors (Lipinski definition) is 1. The first-order valence-electron chi connectivity index (χ1n) is 6.38. The van der Waals surface area contributed by atoms with E-state index in [1.165, 1.54) is 0 Å². The van der Waals surface area contributed by atoms with Gasteiger partial charge in [0, 0.05) is 24.1 Å². The van der Waals surface area contributed by atoms with Gasteiger partial charge < -0.3 is 5.73 Å². The number of carbonyl (C=O) groups excluding carboxylic acids is 1. The zero-order chi connectivity index (χ0) is 12.9. The molecule has 0 bridgehead atoms. The van der Waals surface area contributed by atoms with E-state index < -0.39 is 9.84 Å². The molecule has 0 aliphatic heterocycles. The molecule has 0 unspecified atom stereocenters. The molecule has 0 spiro atoms. The summed E-state index contributed by atoms with van der Waals surface area (Å²) in [6.45, 7) is 1.83. The summed E-state index contributed by atoms with van der Waals surface area (Å²) >= 11 is 0. The molecule has 0 aromatic heterocycles. The Morgan fingerprint density at radius 3 is 2.35 bits per heavy atom. The minimum absolute atomic E-state index is 0.00548. The maximum absolute atomic E-state index is 11.7. The van der Waals surface area contributed by atoms with Gasteiger partial charge in [0.1, 0.15) is 5.78 Å². The molecule has 0 aromatic carbocycles. The first-order valence-corrected chi connectivity index (χ1v) is 8.20. The highest BCUT2D eigenvalue weighted by molar-refractivity contribution is 7.91. The predicted molar refractivity (Wildman–Crippen MR) is 68.6 cm³/mol. The molecule has 1 fully saturated rings. The van der Waals surface area contributed by atoms with Crippen molar-refractivity contribution in [3.8, 4) is 0 Å². The second kappa shape index (κ2) is 5.96. The van der Waals surface area contributed by atoms with Crippen LogP contribution in [0.15, 0.2) is 0 Å². The quantitative estimate of drug-likeness (QED) is 0.752. The van der Waals surface area contributed by atoms with Crippen LogP contribution in [0.5, 0.6) is 0 Å². The Morgan fingerprint density at radius 2 is 1.82 bits per heavy atom. The highest BCUT2D eigenvalue weighted by Gasteiger charge is 2.31. The van der Waals surface area contributed by atoms with Crippen molar-refractivity contribution >= 4 is 15.6 Å². The van der Waals surface area contributed by atoms with Crippen molar-refractivity contribution in [3.63, 3.8) is 0 Å². The van der Waals surface area contributed by atoms with E-state index in [1.54, 1.807) is 0 Å². The molecule has 1 aliphatic rings. The predicted octanol–water partition coefficient (Wildman–Crippen LogP) is 1.43. The summed E-state index contributed by atoms with van der Waals surface area (Å²) in [6.07, 6.45) is 5.02. The van der Waals surface area contributed by atoms with Gasteiger partial charge in [-0.3, -0.25) is 4.79 Å². The third-order valence-electron chi connectivity index (χ3n) is 3.36. The van der Waals surface area contributed by atoms with Gasteiger partial charge in [-0.05, 0) is 19.3 Å². The van der Waals surface area contributed by atoms with Crippen molar-refractivity contribution in [3.05, 3.63) is 0 Å². The molecule has 1 saturated carbocycles. The van der Waals surface area contributed by atoms with Crippen molar-refractivity contribution in [2.75, 3.05) is 11.5 Å². The Bertz CT molecular complexity index is 356. The van der Waals surface area contributed by atoms with Gasteiger partial charge in [-0.2, -0.15) is 0 Å². The Balaban J connectivity index is 2.35. The molecule has 100 valence electrons. The molecule has 0 radical (unpaired) electrons. The fraction of sp³-hybridized carbons (Fsp3) is 0.917. The number of rotatable bonds is 7. The summed E-state index contributed by atoms with van der Waals surface area (Å²) in [6, 6.07) is 0. The van der Waals surface area contributed by atoms with Crippen molar-refractivity contribution < 1.29 is 13.2 Å². The Kier molecular flexibility index (Phi) is 5.13. The van der Waals surface area contributed by atoms with Gasteiger partial charge in [0.15, 0.2) is 9.84 Å². The standard InChI is InChI=1S/C12H23NO3S/c1-2-8-17(15,16)9-5-11(14)10-12(13)6-3-4-7-12/h2-10,13H2,1H3. The van der Waals surface area contributed by atoms with Gasteiger partial charge in [0.25, 0.3) is 0 Å². The minimum Gasteiger partial charge on any atom is -0.325 e. The molecule has 0 amide bonds. The molecular formula is C12H23NO3S. The van der Waals surface area contributed by atoms with Crippen LogP contribution in [0, 0.1) is 0 Å². The van der Waals surface area contributed by atoms with Crippen molar-refractivity contribution in [2.45, 2.75) is 57.4 Å². The van der Waals surface area contributed by atoms with Gasteiger partial charge in [-0.15, -0.1) is 0 Å². The molecule has 0 aromatic rings. The molecule has 5 heteroatoms. The van der Waals surface area contributed by atoms with Crippen LogP contribution in [0.3, 0.4) is 0 Å². The Labute approximate surface area is 104 Å². The van der Waals surface area contributed by atoms with E-state index in [2.05, 4.69) is 0 Å². The number of ketones is 1. The van der Waals surface area contributed by atoms with Crippen LogP contribution in [0.4, 0.5) is 0 Å². The normalized spacial score (nSPS) is 19.4. The fourth-order valence-corrected chi connectivity index (χ4v) is 3.78. The number of nitrogens with two attached hydrogens (primary N) is 1. The molecule has 17 heavy (non-hydrogen) atoms. The highest BCUT2D eigenvalue weighted by Crippen LogP contribution is 2.30. The van der Waals surface area contributed by atoms with Crippen LogP contribution in [0.1, 0.15) is 51.9 Å². The van der Waals surface area contributed by atoms with Crippen LogP contribution < -0.4 is 5.73 Å². The summed E-state index contributed by atoms with van der Waals surface area (Å²) in [5.74, 6) is 0.151. The van der Waals surface area contributed by atoms with Gasteiger partial charge in [0.05, 0.1) is 5.75 Å². The Hall–Kier alpha value is -0.420. The lowest BCUT2D eigenvalue weighted by Gasteiger charge is -2.22. The average Bonchev–Trinajstić information content (AvgIpc) is 2.62. The topological polar surface area (TPSA) is 77.2 Å². The number of Topliss-reactive ketones (excluding diaryl/α,β-unsaturated/α-hetero) is 1. The summed E-state index contributed by atoms with van der Waals surface area (Å²) in [7, 11) is -3.04. The van der Waals surface area contributed by atoms with Gasteiger partial charge in [-0.1, -0.05) is 19.8 Å². The van der Waals surface area contributed by atoms with E-state index in [4.69, 9.17) is 5.73 Å². The lowest BCUT2D eigenvalue weighted by atomic mass is 9.92. The van der Waals surface area contributed by atoms with E-state index in [1.807, 2.05) is 6.92 Å². The van der Waals surface area contributed by atoms with Crippen LogP contribution in [0.25, 0.3) is 0 Å². The zero-order valence-corrected chi connectivity index (χ0v) is 11.4. The van der Waals surface area contributed by atoms with E-state index in [0.717, 1.165) is 25.7 Å². The zero-order valence-electron chi connectivity index (χ0n) is 10.6. The maximum Gasteiger partial charge on any atom is 0.150 e. The first-order chi connectivity index (χ1) is 7.87. The smallest absolute Gasteiger partial charge is 0.150 e. The molecule has 2 N–H and O–H groups in total. The van der Waals surface area contributed by atoms with Crippen LogP contribution in [-0.2, 0) is 14.6 Å². The van der Waals surface area contributed by atoms with Gasteiger partial charge >= 0.3 is 0 Å². The lowest BCUT2D eigenvalue weighted by molar-refractivity contribution is -0.119. The maximum atomic E-state index is 11.7. The van der Waals surface area contributed by atoms with E-state index in [0.29, 0.717) is 12.8 Å². The average molecular weight is 261 g/mol. The summed E-state index contributed by atoms with van der Waals surface area (Å²) < 4.78 is 22.9. The minimum atomic E-state index is -3.04. The molecule has 0 heterocycles. The van der Waals surface area contributed by atoms with E-state index in [9.17, 15) is 13.2 Å². The summed E-state index contributed by atoms with van der Waals surface area (Å²) in [5, 5.41) is 0. The molecule has 0 atom stereocenters. The first kappa shape index (κ1) is 14.6. The van der Waals surface area contributed by atoms with Crippen LogP contribution >= 0.6 is 0 Å². The van der Waals surface area contributed by atoms with E-state index in [-0.39, 0.29) is 29.2 Å². The SMILES string of the molecule is CCCS(=O)(=O)CCC(=O)CC1(N)CCCC1. The Morgan fingerprint density at radius 1 is 1.24 bits per heavy atom. The second-order valence-electron chi connectivity index (χ2n) is 5.19. The molecule has 1 rings (SSSR count). The second-order valence-corrected chi connectivity index (χ2v) is 7.49. The molecule has 4 nitrogen and oxygen atoms in total. The van der Waals surface area contributed by atoms with Crippen molar-refractivity contribution in [1.82, 2.24) is 0 Å². The molecule has 1 aliphatic carbocycles. The third kappa shape index (κ3) is 5.17. The fourth-order valence-electron chi connectivity index (χ4n) is 2.42. The number of hydrogen-bond acceptors (Lipinski definition) is 4.